The summed E-state index contributed by atoms with van der Waals surface area (Å²) in [7, 11) is -9.13. The second-order valence-corrected chi connectivity index (χ2v) is 15.3. The Morgan fingerprint density at radius 3 is 2.12 bits per heavy atom. The predicted octanol–water partition coefficient (Wildman–Crippen LogP) is 6.30. The van der Waals surface area contributed by atoms with Gasteiger partial charge in [0.15, 0.2) is 33.5 Å². The summed E-state index contributed by atoms with van der Waals surface area (Å²) in [6, 6.07) is 30.9. The molecule has 49 heavy (non-hydrogen) atoms. The van der Waals surface area contributed by atoms with Crippen LogP contribution in [-0.2, 0) is 26.8 Å². The van der Waals surface area contributed by atoms with Gasteiger partial charge in [0.2, 0.25) is 5.58 Å². The largest absolute Gasteiger partial charge is 0.748 e. The molecule has 1 aromatic heterocycles. The van der Waals surface area contributed by atoms with Crippen molar-refractivity contribution >= 4 is 43.1 Å². The predicted molar refractivity (Wildman–Crippen MR) is 185 cm³/mol. The maximum absolute atomic E-state index is 12.6. The van der Waals surface area contributed by atoms with Gasteiger partial charge in [-0.25, -0.2) is 21.3 Å². The molecule has 2 aliphatic heterocycles. The van der Waals surface area contributed by atoms with E-state index < -0.39 is 31.4 Å². The summed E-state index contributed by atoms with van der Waals surface area (Å²) in [5, 5.41) is -1.24. The van der Waals surface area contributed by atoms with Crippen LogP contribution in [0.5, 0.6) is 5.75 Å². The van der Waals surface area contributed by atoms with Crippen molar-refractivity contribution < 1.29 is 39.7 Å². The second-order valence-electron chi connectivity index (χ2n) is 12.3. The molecule has 12 heteroatoms. The van der Waals surface area contributed by atoms with E-state index in [1.54, 1.807) is 12.2 Å². The lowest BCUT2D eigenvalue weighted by atomic mass is 10.0. The van der Waals surface area contributed by atoms with Gasteiger partial charge >= 0.3 is 11.8 Å². The van der Waals surface area contributed by atoms with Gasteiger partial charge in [0.1, 0.15) is 0 Å². The number of aromatic nitrogens is 1. The van der Waals surface area contributed by atoms with Crippen molar-refractivity contribution in [3.8, 4) is 28.0 Å². The number of quaternary nitrogens is 1. The zero-order chi connectivity index (χ0) is 34.4. The molecule has 2 unspecified atom stereocenters. The lowest BCUT2D eigenvalue weighted by molar-refractivity contribution is -0.677. The number of hydrogen-bond acceptors (Lipinski definition) is 8. The Bertz CT molecular complexity index is 2330. The van der Waals surface area contributed by atoms with Crippen LogP contribution in [0.1, 0.15) is 32.1 Å². The zero-order valence-corrected chi connectivity index (χ0v) is 28.3. The van der Waals surface area contributed by atoms with Crippen LogP contribution in [0.25, 0.3) is 39.4 Å². The molecule has 3 heterocycles. The lowest BCUT2D eigenvalue weighted by Gasteiger charge is -2.47. The molecule has 0 aliphatic carbocycles. The fourth-order valence-corrected chi connectivity index (χ4v) is 8.42. The normalized spacial score (nSPS) is 20.0. The molecule has 0 bridgehead atoms. The Balaban J connectivity index is 1.33. The summed E-state index contributed by atoms with van der Waals surface area (Å²) < 4.78 is 86.5. The maximum atomic E-state index is 12.6. The number of allylic oxidation sites excluding steroid dienone is 2. The molecule has 0 amide bonds. The third-order valence-corrected chi connectivity index (χ3v) is 11.3. The van der Waals surface area contributed by atoms with Crippen molar-refractivity contribution in [2.75, 3.05) is 12.3 Å². The molecule has 7 rings (SSSR count). The fourth-order valence-electron chi connectivity index (χ4n) is 6.78. The average Bonchev–Trinajstić information content (AvgIpc) is 3.58. The number of rotatable bonds is 10. The van der Waals surface area contributed by atoms with Crippen LogP contribution < -0.4 is 13.8 Å². The first-order valence-electron chi connectivity index (χ1n) is 16.0. The molecule has 0 radical (unpaired) electrons. The van der Waals surface area contributed by atoms with Crippen molar-refractivity contribution in [3.63, 3.8) is 0 Å². The topological polar surface area (TPSA) is 141 Å². The molecule has 1 fully saturated rings. The van der Waals surface area contributed by atoms with Crippen LogP contribution in [0.15, 0.2) is 119 Å². The summed E-state index contributed by atoms with van der Waals surface area (Å²) in [5.41, 5.74) is 6.40. The fraction of sp³-hybridized carbons (Fsp3) is 0.216. The van der Waals surface area contributed by atoms with Gasteiger partial charge in [0.25, 0.3) is 5.52 Å². The minimum atomic E-state index is -4.70. The third-order valence-electron chi connectivity index (χ3n) is 9.30. The SMILES string of the molecule is CCC(=Cc1oc2ccc(-c3ccccc3)cc2[n+]1CCCS(=O)(=O)[O-])C=C1Oc2ccc(-c3ccccc3)cc2[N+]12CCC2S(=O)(=O)[O-]. The summed E-state index contributed by atoms with van der Waals surface area (Å²) in [5.74, 6) is 0.708. The van der Waals surface area contributed by atoms with E-state index in [4.69, 9.17) is 9.15 Å². The van der Waals surface area contributed by atoms with E-state index in [0.29, 0.717) is 41.8 Å². The van der Waals surface area contributed by atoms with Crippen LogP contribution >= 0.6 is 0 Å². The number of hydrogen-bond donors (Lipinski definition) is 0. The van der Waals surface area contributed by atoms with Crippen LogP contribution in [0.3, 0.4) is 0 Å². The number of aryl methyl sites for hydroxylation is 1. The van der Waals surface area contributed by atoms with Crippen LogP contribution in [0.4, 0.5) is 5.69 Å². The second kappa shape index (κ2) is 12.7. The van der Waals surface area contributed by atoms with E-state index in [2.05, 4.69) is 0 Å². The van der Waals surface area contributed by atoms with Gasteiger partial charge in [-0.15, -0.1) is 0 Å². The van der Waals surface area contributed by atoms with E-state index >= 15 is 0 Å². The Morgan fingerprint density at radius 2 is 1.53 bits per heavy atom. The molecule has 2 aliphatic rings. The van der Waals surface area contributed by atoms with Crippen molar-refractivity contribution in [3.05, 3.63) is 120 Å². The monoisotopic (exact) mass is 698 g/mol. The van der Waals surface area contributed by atoms with Gasteiger partial charge in [-0.3, -0.25) is 0 Å². The first-order chi connectivity index (χ1) is 23.5. The van der Waals surface area contributed by atoms with Gasteiger partial charge in [-0.1, -0.05) is 79.7 Å². The molecule has 5 aromatic rings. The number of benzene rings is 4. The highest BCUT2D eigenvalue weighted by atomic mass is 32.2. The van der Waals surface area contributed by atoms with Gasteiger partial charge in [0.05, 0.1) is 29.2 Å². The minimum Gasteiger partial charge on any atom is -0.748 e. The third kappa shape index (κ3) is 6.33. The lowest BCUT2D eigenvalue weighted by Crippen LogP contribution is -2.67. The molecule has 4 aromatic carbocycles. The molecular formula is C37H34N2O8S2. The Kier molecular flexibility index (Phi) is 8.54. The van der Waals surface area contributed by atoms with Crippen molar-refractivity contribution in [2.45, 2.75) is 38.1 Å². The molecular weight excluding hydrogens is 665 g/mol. The maximum Gasteiger partial charge on any atom is 0.374 e. The highest BCUT2D eigenvalue weighted by Gasteiger charge is 2.61. The molecule has 0 N–H and O–H groups in total. The Labute approximate surface area is 285 Å². The van der Waals surface area contributed by atoms with Gasteiger partial charge in [0, 0.05) is 30.4 Å². The van der Waals surface area contributed by atoms with Gasteiger partial charge in [-0.2, -0.15) is 4.57 Å². The number of nitrogens with zero attached hydrogens (tertiary/aromatic N) is 2. The van der Waals surface area contributed by atoms with Gasteiger partial charge in [-0.05, 0) is 46.4 Å². The zero-order valence-electron chi connectivity index (χ0n) is 26.7. The first-order valence-corrected chi connectivity index (χ1v) is 19.1. The number of ether oxygens (including phenoxy) is 1. The minimum absolute atomic E-state index is 0.0787. The highest BCUT2D eigenvalue weighted by molar-refractivity contribution is 7.86. The van der Waals surface area contributed by atoms with Crippen molar-refractivity contribution in [2.24, 2.45) is 0 Å². The smallest absolute Gasteiger partial charge is 0.374 e. The molecule has 10 nitrogen and oxygen atoms in total. The summed E-state index contributed by atoms with van der Waals surface area (Å²) in [6.45, 7) is 2.51. The van der Waals surface area contributed by atoms with E-state index in [1.165, 1.54) is 0 Å². The first kappa shape index (κ1) is 32.9. The molecule has 252 valence electrons. The van der Waals surface area contributed by atoms with Crippen LogP contribution in [0.2, 0.25) is 0 Å². The standard InChI is InChI=1S/C37H34N2O8S2/c1-2-26(22-35-38(19-9-21-48(40,41)42)31-24-29(14-16-33(31)46-35)27-10-5-3-6-11-27)23-36-39(20-18-37(39)49(43,44)45)32-25-30(15-17-34(32)47-36)28-12-7-4-8-13-28/h3-8,10-17,22-25,37H,2,9,18-21H2,1H3. The highest BCUT2D eigenvalue weighted by Crippen LogP contribution is 2.54. The van der Waals surface area contributed by atoms with E-state index in [9.17, 15) is 25.9 Å². The van der Waals surface area contributed by atoms with Crippen molar-refractivity contribution in [1.82, 2.24) is 4.48 Å². The molecule has 2 atom stereocenters. The Morgan fingerprint density at radius 1 is 0.878 bits per heavy atom. The van der Waals surface area contributed by atoms with Crippen LogP contribution in [0, 0.1) is 0 Å². The number of oxazole rings is 1. The Hall–Kier alpha value is -4.59. The van der Waals surface area contributed by atoms with E-state index in [-0.39, 0.29) is 23.9 Å². The molecule has 0 saturated carbocycles. The van der Waals surface area contributed by atoms with Crippen LogP contribution in [-0.4, -0.2) is 43.6 Å². The molecule has 1 saturated heterocycles. The van der Waals surface area contributed by atoms with Crippen molar-refractivity contribution in [1.29, 1.82) is 0 Å². The summed E-state index contributed by atoms with van der Waals surface area (Å²) in [4.78, 5) is 0. The number of fused-ring (bicyclic) bond motifs is 3. The quantitative estimate of drug-likeness (QED) is 0.0941. The van der Waals surface area contributed by atoms with E-state index in [1.807, 2.05) is 109 Å². The average molecular weight is 699 g/mol. The van der Waals surface area contributed by atoms with E-state index in [0.717, 1.165) is 33.3 Å². The summed E-state index contributed by atoms with van der Waals surface area (Å²) in [6.07, 6.45) is 4.35. The molecule has 1 spiro atoms. The van der Waals surface area contributed by atoms with Gasteiger partial charge < -0.3 is 18.3 Å². The summed E-state index contributed by atoms with van der Waals surface area (Å²) >= 11 is 0.